The predicted molar refractivity (Wildman–Crippen MR) is 56.0 cm³/mol. The molecule has 0 aliphatic carbocycles. The summed E-state index contributed by atoms with van der Waals surface area (Å²) in [4.78, 5) is 38.4. The Morgan fingerprint density at radius 2 is 2.41 bits per heavy atom. The van der Waals surface area contributed by atoms with Crippen molar-refractivity contribution in [3.63, 3.8) is 0 Å². The van der Waals surface area contributed by atoms with Crippen molar-refractivity contribution in [2.24, 2.45) is 11.7 Å². The van der Waals surface area contributed by atoms with Crippen molar-refractivity contribution < 1.29 is 19.5 Å². The largest absolute Gasteiger partial charge is 0.368 e. The van der Waals surface area contributed by atoms with Crippen molar-refractivity contribution in [3.8, 4) is 0 Å². The van der Waals surface area contributed by atoms with Crippen LogP contribution in [-0.2, 0) is 14.4 Å². The number of nitrogens with two attached hydrogens (primary N) is 1. The molecule has 2 amide bonds. The molecule has 1 saturated heterocycles. The van der Waals surface area contributed by atoms with Gasteiger partial charge in [0.25, 0.3) is 5.09 Å². The van der Waals surface area contributed by atoms with Gasteiger partial charge in [0.15, 0.2) is 0 Å². The third-order valence-corrected chi connectivity index (χ3v) is 2.75. The molecule has 1 aliphatic rings. The number of primary amides is 1. The molecule has 0 aromatic carbocycles. The first kappa shape index (κ1) is 13.2. The van der Waals surface area contributed by atoms with Gasteiger partial charge in [0.05, 0.1) is 0 Å². The number of rotatable bonds is 6. The minimum atomic E-state index is -0.890. The number of likely N-dealkylation sites (tertiary alicyclic amines) is 1. The van der Waals surface area contributed by atoms with Gasteiger partial charge in [-0.15, -0.1) is 10.1 Å². The van der Waals surface area contributed by atoms with E-state index in [9.17, 15) is 19.7 Å². The van der Waals surface area contributed by atoms with E-state index in [2.05, 4.69) is 4.84 Å². The van der Waals surface area contributed by atoms with Gasteiger partial charge in [-0.1, -0.05) is 6.92 Å². The van der Waals surface area contributed by atoms with E-state index < -0.39 is 17.0 Å². The van der Waals surface area contributed by atoms with E-state index in [0.29, 0.717) is 6.42 Å². The lowest BCUT2D eigenvalue weighted by Crippen LogP contribution is -2.45. The summed E-state index contributed by atoms with van der Waals surface area (Å²) in [6.45, 7) is 1.89. The molecule has 0 radical (unpaired) electrons. The molecule has 0 saturated carbocycles. The van der Waals surface area contributed by atoms with E-state index in [1.807, 2.05) is 0 Å². The molecule has 1 aliphatic heterocycles. The number of hydrogen-bond donors (Lipinski definition) is 1. The smallest absolute Gasteiger partial charge is 0.294 e. The van der Waals surface area contributed by atoms with Gasteiger partial charge in [0.2, 0.25) is 11.8 Å². The second kappa shape index (κ2) is 5.46. The number of carbonyl (C=O) groups is 2. The Labute approximate surface area is 97.8 Å². The molecule has 96 valence electrons. The summed E-state index contributed by atoms with van der Waals surface area (Å²) >= 11 is 0. The summed E-state index contributed by atoms with van der Waals surface area (Å²) < 4.78 is 0. The molecule has 8 nitrogen and oxygen atoms in total. The highest BCUT2D eigenvalue weighted by Gasteiger charge is 2.36. The fraction of sp³-hybridized carbons (Fsp3) is 0.778. The topological polar surface area (TPSA) is 116 Å². The first-order valence-electron chi connectivity index (χ1n) is 5.31. The molecule has 1 unspecified atom stereocenters. The summed E-state index contributed by atoms with van der Waals surface area (Å²) in [5.41, 5.74) is 5.18. The molecule has 2 N–H and O–H groups in total. The second-order valence-electron chi connectivity index (χ2n) is 3.96. The zero-order chi connectivity index (χ0) is 13.0. The summed E-state index contributed by atoms with van der Waals surface area (Å²) in [7, 11) is 0. The zero-order valence-electron chi connectivity index (χ0n) is 9.50. The van der Waals surface area contributed by atoms with Crippen molar-refractivity contribution >= 4 is 11.8 Å². The standard InChI is InChI=1S/C9H15N3O5/c1-2-7(9(10)14)11-4-6(3-8(11)13)5-17-12(15)16/h6-7H,2-5H2,1H3,(H2,10,14)/t6?,7-/m0/s1. The molecular formula is C9H15N3O5. The Balaban J connectivity index is 2.57. The lowest BCUT2D eigenvalue weighted by molar-refractivity contribution is -0.759. The Morgan fingerprint density at radius 1 is 1.76 bits per heavy atom. The molecule has 0 spiro atoms. The van der Waals surface area contributed by atoms with Crippen molar-refractivity contribution in [2.45, 2.75) is 25.8 Å². The molecule has 1 heterocycles. The van der Waals surface area contributed by atoms with E-state index in [0.717, 1.165) is 0 Å². The van der Waals surface area contributed by atoms with Crippen molar-refractivity contribution in [1.82, 2.24) is 4.90 Å². The Bertz CT molecular complexity index is 333. The van der Waals surface area contributed by atoms with E-state index in [-0.39, 0.29) is 31.4 Å². The molecule has 0 bridgehead atoms. The van der Waals surface area contributed by atoms with Gasteiger partial charge in [-0.25, -0.2) is 0 Å². The van der Waals surface area contributed by atoms with Crippen LogP contribution in [0.25, 0.3) is 0 Å². The Morgan fingerprint density at radius 3 is 2.88 bits per heavy atom. The summed E-state index contributed by atoms with van der Waals surface area (Å²) in [5, 5.41) is 9.14. The third-order valence-electron chi connectivity index (χ3n) is 2.75. The van der Waals surface area contributed by atoms with Gasteiger partial charge < -0.3 is 15.5 Å². The first-order valence-corrected chi connectivity index (χ1v) is 5.31. The summed E-state index contributed by atoms with van der Waals surface area (Å²) in [6.07, 6.45) is 0.585. The van der Waals surface area contributed by atoms with E-state index in [1.165, 1.54) is 4.90 Å². The molecule has 17 heavy (non-hydrogen) atoms. The van der Waals surface area contributed by atoms with Crippen LogP contribution < -0.4 is 5.73 Å². The highest BCUT2D eigenvalue weighted by molar-refractivity contribution is 5.87. The maximum absolute atomic E-state index is 11.6. The quantitative estimate of drug-likeness (QED) is 0.491. The molecular weight excluding hydrogens is 230 g/mol. The third kappa shape index (κ3) is 3.30. The van der Waals surface area contributed by atoms with Crippen molar-refractivity contribution in [1.29, 1.82) is 0 Å². The van der Waals surface area contributed by atoms with Crippen LogP contribution >= 0.6 is 0 Å². The average Bonchev–Trinajstić information content (AvgIpc) is 2.58. The van der Waals surface area contributed by atoms with Crippen LogP contribution in [0.4, 0.5) is 0 Å². The first-order chi connectivity index (χ1) is 7.95. The van der Waals surface area contributed by atoms with Crippen LogP contribution in [0.15, 0.2) is 0 Å². The summed E-state index contributed by atoms with van der Waals surface area (Å²) in [5.74, 6) is -1.04. The fourth-order valence-electron chi connectivity index (χ4n) is 1.96. The minimum absolute atomic E-state index is 0.134. The van der Waals surface area contributed by atoms with Crippen LogP contribution in [0.3, 0.4) is 0 Å². The maximum Gasteiger partial charge on any atom is 0.294 e. The monoisotopic (exact) mass is 245 g/mol. The minimum Gasteiger partial charge on any atom is -0.368 e. The lowest BCUT2D eigenvalue weighted by Gasteiger charge is -2.24. The second-order valence-corrected chi connectivity index (χ2v) is 3.96. The van der Waals surface area contributed by atoms with E-state index in [1.54, 1.807) is 6.92 Å². The molecule has 2 atom stereocenters. The van der Waals surface area contributed by atoms with Crippen LogP contribution in [0.1, 0.15) is 19.8 Å². The SMILES string of the molecule is CC[C@@H](C(N)=O)N1CC(CO[N+](=O)[O-])CC1=O. The van der Waals surface area contributed by atoms with Crippen LogP contribution in [-0.4, -0.2) is 41.0 Å². The number of amides is 2. The van der Waals surface area contributed by atoms with Gasteiger partial charge in [-0.3, -0.25) is 9.59 Å². The predicted octanol–water partition coefficient (Wildman–Crippen LogP) is -0.693. The fourth-order valence-corrected chi connectivity index (χ4v) is 1.96. The van der Waals surface area contributed by atoms with Crippen molar-refractivity contribution in [3.05, 3.63) is 10.1 Å². The Kier molecular flexibility index (Phi) is 4.24. The van der Waals surface area contributed by atoms with E-state index in [4.69, 9.17) is 5.73 Å². The Hall–Kier alpha value is -1.86. The van der Waals surface area contributed by atoms with Gasteiger partial charge in [-0.2, -0.15) is 0 Å². The van der Waals surface area contributed by atoms with Gasteiger partial charge in [-0.05, 0) is 6.42 Å². The lowest BCUT2D eigenvalue weighted by atomic mass is 10.1. The van der Waals surface area contributed by atoms with Crippen LogP contribution in [0.2, 0.25) is 0 Å². The van der Waals surface area contributed by atoms with Crippen molar-refractivity contribution in [2.75, 3.05) is 13.2 Å². The number of nitrogens with zero attached hydrogens (tertiary/aromatic N) is 2. The molecule has 0 aromatic heterocycles. The molecule has 1 rings (SSSR count). The van der Waals surface area contributed by atoms with Gasteiger partial charge in [0.1, 0.15) is 12.6 Å². The van der Waals surface area contributed by atoms with E-state index >= 15 is 0 Å². The van der Waals surface area contributed by atoms with Crippen LogP contribution in [0.5, 0.6) is 0 Å². The number of carbonyl (C=O) groups excluding carboxylic acids is 2. The molecule has 8 heteroatoms. The summed E-state index contributed by atoms with van der Waals surface area (Å²) in [6, 6.07) is -0.636. The number of hydrogen-bond acceptors (Lipinski definition) is 5. The molecule has 1 fully saturated rings. The van der Waals surface area contributed by atoms with Gasteiger partial charge in [0, 0.05) is 18.9 Å². The van der Waals surface area contributed by atoms with Gasteiger partial charge >= 0.3 is 0 Å². The average molecular weight is 245 g/mol. The zero-order valence-corrected chi connectivity index (χ0v) is 9.50. The highest BCUT2D eigenvalue weighted by atomic mass is 16.9. The molecule has 0 aromatic rings. The normalized spacial score (nSPS) is 21.4. The highest BCUT2D eigenvalue weighted by Crippen LogP contribution is 2.21. The maximum atomic E-state index is 11.6. The van der Waals surface area contributed by atoms with Crippen LogP contribution in [0, 0.1) is 16.0 Å².